The van der Waals surface area contributed by atoms with Gasteiger partial charge in [-0.25, -0.2) is 4.79 Å². The van der Waals surface area contributed by atoms with Gasteiger partial charge < -0.3 is 15.0 Å². The van der Waals surface area contributed by atoms with Gasteiger partial charge in [-0.2, -0.15) is 0 Å². The highest BCUT2D eigenvalue weighted by atomic mass is 35.5. The number of nitrogens with one attached hydrogen (secondary N) is 2. The van der Waals surface area contributed by atoms with Crippen molar-refractivity contribution in [2.75, 3.05) is 12.4 Å². The molecular weight excluding hydrogens is 434 g/mol. The second-order valence-electron chi connectivity index (χ2n) is 5.99. The van der Waals surface area contributed by atoms with Crippen molar-refractivity contribution in [2.45, 2.75) is 0 Å². The van der Waals surface area contributed by atoms with Crippen molar-refractivity contribution in [1.29, 1.82) is 0 Å². The SMILES string of the molecule is COC(=O)c1ccc2c(=O)[nH]c3c(C(=O)Nc4ccccc4Cl)sc(=S)n3c2c1. The molecule has 0 spiro atoms. The van der Waals surface area contributed by atoms with Crippen LogP contribution in [0.1, 0.15) is 20.0 Å². The number of methoxy groups -OCH3 is 1. The van der Waals surface area contributed by atoms with Gasteiger partial charge in [0.15, 0.2) is 3.95 Å². The fraction of sp³-hybridized carbons (Fsp3) is 0.0526. The number of carbonyl (C=O) groups is 2. The monoisotopic (exact) mass is 445 g/mol. The zero-order chi connectivity index (χ0) is 20.7. The third-order valence-corrected chi connectivity index (χ3v) is 5.98. The molecule has 0 radical (unpaired) electrons. The normalized spacial score (nSPS) is 11.0. The molecule has 4 rings (SSSR count). The number of rotatable bonds is 3. The molecule has 2 aromatic heterocycles. The summed E-state index contributed by atoms with van der Waals surface area (Å²) in [5.74, 6) is -1.01. The number of hydrogen-bond acceptors (Lipinski definition) is 6. The quantitative estimate of drug-likeness (QED) is 0.363. The zero-order valence-corrected chi connectivity index (χ0v) is 17.2. The number of aromatic amines is 1. The molecule has 0 aliphatic carbocycles. The van der Waals surface area contributed by atoms with Gasteiger partial charge in [0, 0.05) is 0 Å². The van der Waals surface area contributed by atoms with E-state index in [1.807, 2.05) is 0 Å². The third-order valence-electron chi connectivity index (χ3n) is 4.28. The fourth-order valence-electron chi connectivity index (χ4n) is 2.93. The van der Waals surface area contributed by atoms with Gasteiger partial charge in [-0.3, -0.25) is 14.0 Å². The lowest BCUT2D eigenvalue weighted by Crippen LogP contribution is -2.15. The largest absolute Gasteiger partial charge is 0.465 e. The number of nitrogens with zero attached hydrogens (tertiary/aromatic N) is 1. The first-order valence-corrected chi connectivity index (χ1v) is 9.87. The summed E-state index contributed by atoms with van der Waals surface area (Å²) in [6, 6.07) is 11.3. The van der Waals surface area contributed by atoms with Crippen LogP contribution in [0.5, 0.6) is 0 Å². The number of esters is 1. The molecule has 0 bridgehead atoms. The number of halogens is 1. The summed E-state index contributed by atoms with van der Waals surface area (Å²) >= 11 is 12.6. The molecule has 146 valence electrons. The third kappa shape index (κ3) is 3.33. The van der Waals surface area contributed by atoms with Gasteiger partial charge in [0.1, 0.15) is 10.5 Å². The first-order valence-electron chi connectivity index (χ1n) is 8.26. The van der Waals surface area contributed by atoms with Gasteiger partial charge in [0.25, 0.3) is 11.5 Å². The van der Waals surface area contributed by atoms with E-state index in [4.69, 9.17) is 28.6 Å². The Balaban J connectivity index is 1.92. The van der Waals surface area contributed by atoms with Gasteiger partial charge in [-0.15, -0.1) is 0 Å². The number of thiazole rings is 1. The smallest absolute Gasteiger partial charge is 0.337 e. The Morgan fingerprint density at radius 3 is 2.72 bits per heavy atom. The van der Waals surface area contributed by atoms with Crippen LogP contribution in [0.2, 0.25) is 5.02 Å². The number of amides is 1. The van der Waals surface area contributed by atoms with Gasteiger partial charge in [-0.05, 0) is 42.5 Å². The standard InChI is InChI=1S/C19H12ClN3O4S2/c1-27-18(26)9-6-7-10-13(8-9)23-15(22-16(10)24)14(29-19(23)28)17(25)21-12-5-3-2-4-11(12)20/h2-8H,1H3,(H,21,25)(H,22,24). The number of para-hydroxylation sites is 1. The molecule has 0 unspecified atom stereocenters. The van der Waals surface area contributed by atoms with Gasteiger partial charge in [0.2, 0.25) is 0 Å². The molecule has 0 aliphatic heterocycles. The lowest BCUT2D eigenvalue weighted by molar-refractivity contribution is 0.0600. The van der Waals surface area contributed by atoms with Crippen molar-refractivity contribution >= 4 is 69.3 Å². The number of hydrogen-bond donors (Lipinski definition) is 2. The molecule has 2 N–H and O–H groups in total. The summed E-state index contributed by atoms with van der Waals surface area (Å²) in [7, 11) is 1.27. The second-order valence-corrected chi connectivity index (χ2v) is 8.04. The van der Waals surface area contributed by atoms with E-state index in [1.165, 1.54) is 25.3 Å². The number of anilines is 1. The van der Waals surface area contributed by atoms with E-state index >= 15 is 0 Å². The fourth-order valence-corrected chi connectivity index (χ4v) is 4.39. The Labute approximate surface area is 177 Å². The average molecular weight is 446 g/mol. The van der Waals surface area contributed by atoms with E-state index in [9.17, 15) is 14.4 Å². The molecular formula is C19H12ClN3O4S2. The Kier molecular flexibility index (Phi) is 4.95. The van der Waals surface area contributed by atoms with E-state index in [1.54, 1.807) is 28.7 Å². The minimum Gasteiger partial charge on any atom is -0.465 e. The summed E-state index contributed by atoms with van der Waals surface area (Å²) in [5.41, 5.74) is 0.944. The van der Waals surface area contributed by atoms with Crippen molar-refractivity contribution in [3.05, 3.63) is 72.2 Å². The van der Waals surface area contributed by atoms with E-state index in [2.05, 4.69) is 10.3 Å². The van der Waals surface area contributed by atoms with Crippen LogP contribution in [0.3, 0.4) is 0 Å². The van der Waals surface area contributed by atoms with Crippen LogP contribution in [0.4, 0.5) is 5.69 Å². The molecule has 0 atom stereocenters. The molecule has 29 heavy (non-hydrogen) atoms. The van der Waals surface area contributed by atoms with Crippen molar-refractivity contribution in [1.82, 2.24) is 9.38 Å². The highest BCUT2D eigenvalue weighted by molar-refractivity contribution is 7.73. The maximum atomic E-state index is 12.8. The van der Waals surface area contributed by atoms with Crippen LogP contribution < -0.4 is 10.9 Å². The van der Waals surface area contributed by atoms with Crippen LogP contribution in [0.15, 0.2) is 47.3 Å². The maximum Gasteiger partial charge on any atom is 0.337 e. The van der Waals surface area contributed by atoms with Crippen LogP contribution in [-0.2, 0) is 4.74 Å². The number of ether oxygens (including phenoxy) is 1. The number of fused-ring (bicyclic) bond motifs is 3. The summed E-state index contributed by atoms with van der Waals surface area (Å²) in [6.45, 7) is 0. The Hall–Kier alpha value is -3.01. The summed E-state index contributed by atoms with van der Waals surface area (Å²) in [6.07, 6.45) is 0. The summed E-state index contributed by atoms with van der Waals surface area (Å²) in [4.78, 5) is 40.2. The zero-order valence-electron chi connectivity index (χ0n) is 14.8. The maximum absolute atomic E-state index is 12.8. The highest BCUT2D eigenvalue weighted by Crippen LogP contribution is 2.26. The number of H-pyrrole nitrogens is 1. The summed E-state index contributed by atoms with van der Waals surface area (Å²) < 4.78 is 6.65. The minimum absolute atomic E-state index is 0.220. The Morgan fingerprint density at radius 1 is 1.24 bits per heavy atom. The van der Waals surface area contributed by atoms with Crippen LogP contribution in [0, 0.1) is 3.95 Å². The Bertz CT molecular complexity index is 1420. The first kappa shape index (κ1) is 19.3. The van der Waals surface area contributed by atoms with Crippen LogP contribution in [-0.4, -0.2) is 28.4 Å². The van der Waals surface area contributed by atoms with Crippen LogP contribution in [0.25, 0.3) is 16.6 Å². The average Bonchev–Trinajstić information content (AvgIpc) is 3.05. The molecule has 0 fully saturated rings. The molecule has 0 saturated carbocycles. The van der Waals surface area contributed by atoms with E-state index < -0.39 is 17.4 Å². The minimum atomic E-state index is -0.543. The first-order chi connectivity index (χ1) is 13.9. The predicted molar refractivity (Wildman–Crippen MR) is 115 cm³/mol. The van der Waals surface area contributed by atoms with Crippen molar-refractivity contribution in [3.63, 3.8) is 0 Å². The van der Waals surface area contributed by atoms with Gasteiger partial charge in [0.05, 0.1) is 34.3 Å². The molecule has 2 heterocycles. The topological polar surface area (TPSA) is 92.7 Å². The molecule has 2 aromatic carbocycles. The van der Waals surface area contributed by atoms with Crippen molar-refractivity contribution in [3.8, 4) is 0 Å². The van der Waals surface area contributed by atoms with Gasteiger partial charge in [-0.1, -0.05) is 35.1 Å². The molecule has 0 saturated heterocycles. The number of carbonyl (C=O) groups excluding carboxylic acids is 2. The van der Waals surface area contributed by atoms with E-state index in [0.717, 1.165) is 11.3 Å². The number of aromatic nitrogens is 2. The molecule has 1 amide bonds. The summed E-state index contributed by atoms with van der Waals surface area (Å²) in [5, 5.41) is 3.44. The lowest BCUT2D eigenvalue weighted by atomic mass is 10.1. The highest BCUT2D eigenvalue weighted by Gasteiger charge is 2.19. The van der Waals surface area contributed by atoms with E-state index in [-0.39, 0.29) is 16.1 Å². The molecule has 7 nitrogen and oxygen atoms in total. The molecule has 4 aromatic rings. The van der Waals surface area contributed by atoms with Crippen molar-refractivity contribution in [2.24, 2.45) is 0 Å². The van der Waals surface area contributed by atoms with Crippen LogP contribution >= 0.6 is 35.2 Å². The lowest BCUT2D eigenvalue weighted by Gasteiger charge is -2.07. The Morgan fingerprint density at radius 2 is 2.00 bits per heavy atom. The predicted octanol–water partition coefficient (Wildman–Crippen LogP) is 4.26. The van der Waals surface area contributed by atoms with E-state index in [0.29, 0.717) is 25.6 Å². The molecule has 0 aliphatic rings. The molecule has 10 heteroatoms. The van der Waals surface area contributed by atoms with Crippen molar-refractivity contribution < 1.29 is 14.3 Å². The second kappa shape index (κ2) is 7.43. The number of benzene rings is 2. The van der Waals surface area contributed by atoms with Gasteiger partial charge >= 0.3 is 5.97 Å².